The number of para-hydroxylation sites is 2. The molecule has 3 nitrogen and oxygen atoms in total. The highest BCUT2D eigenvalue weighted by molar-refractivity contribution is 7.22. The number of hydrogen-bond acceptors (Lipinski definition) is 3. The third-order valence-corrected chi connectivity index (χ3v) is 15.5. The minimum Gasteiger partial charge on any atom is -0.456 e. The summed E-state index contributed by atoms with van der Waals surface area (Å²) in [4.78, 5) is 6.84. The van der Waals surface area contributed by atoms with Crippen molar-refractivity contribution in [1.29, 1.82) is 0 Å². The summed E-state index contributed by atoms with van der Waals surface area (Å²) in [6.07, 6.45) is 0.431. The Kier molecular flexibility index (Phi) is 7.41. The van der Waals surface area contributed by atoms with Gasteiger partial charge in [0, 0.05) is 39.6 Å². The number of halogens is 1. The quantitative estimate of drug-likeness (QED) is 0.162. The minimum absolute atomic E-state index is 0.592. The lowest BCUT2D eigenvalue weighted by Gasteiger charge is -2.45. The van der Waals surface area contributed by atoms with Crippen LogP contribution in [0.2, 0.25) is 0 Å². The fourth-order valence-electron chi connectivity index (χ4n) is 8.45. The normalized spacial score (nSPS) is 13.8. The molecule has 0 N–H and O–H groups in total. The Morgan fingerprint density at radius 2 is 1.23 bits per heavy atom. The van der Waals surface area contributed by atoms with Crippen LogP contribution >= 0.6 is 0 Å². The van der Waals surface area contributed by atoms with Crippen molar-refractivity contribution in [1.82, 2.24) is 4.98 Å². The molecule has 1 unspecified atom stereocenters. The molecule has 0 saturated heterocycles. The zero-order valence-corrected chi connectivity index (χ0v) is 29.7. The molecule has 0 amide bonds. The molecule has 0 bridgehead atoms. The van der Waals surface area contributed by atoms with Gasteiger partial charge in [0.05, 0.1) is 5.69 Å². The monoisotopic (exact) mass is 700 g/mol. The van der Waals surface area contributed by atoms with Gasteiger partial charge < -0.3 is 9.32 Å². The van der Waals surface area contributed by atoms with E-state index in [-0.39, 0.29) is 0 Å². The lowest BCUT2D eigenvalue weighted by Crippen LogP contribution is -2.77. The highest BCUT2D eigenvalue weighted by atomic mass is 28.3. The Labute approximate surface area is 308 Å². The first-order valence-electron chi connectivity index (χ1n) is 17.9. The van der Waals surface area contributed by atoms with Crippen LogP contribution < -0.4 is 25.6 Å². The second-order valence-electron chi connectivity index (χ2n) is 13.6. The first kappa shape index (κ1) is 31.2. The van der Waals surface area contributed by atoms with E-state index < -0.39 is 14.2 Å². The molecule has 1 aliphatic heterocycles. The molecular formula is C48H33FN2OSi. The Bertz CT molecular complexity index is 2730. The molecule has 0 radical (unpaired) electrons. The predicted octanol–water partition coefficient (Wildman–Crippen LogP) is 9.87. The van der Waals surface area contributed by atoms with Gasteiger partial charge in [-0.2, -0.15) is 0 Å². The fourth-order valence-corrected chi connectivity index (χ4v) is 13.8. The third-order valence-electron chi connectivity index (χ3n) is 10.7. The number of aromatic nitrogens is 1. The van der Waals surface area contributed by atoms with Crippen molar-refractivity contribution in [3.8, 4) is 11.3 Å². The molecule has 1 aliphatic rings. The SMILES string of the molecule is FC(c1cccc(-c2ccccn2)c1)c1cccc(N2c3ccccc3[Si](c3ccccc3)(c3ccccc3)c3c2ccc2oc4ccccc4c32)c1. The first-order valence-corrected chi connectivity index (χ1v) is 19.9. The van der Waals surface area contributed by atoms with Crippen molar-refractivity contribution in [2.75, 3.05) is 4.90 Å². The number of nitrogens with zero attached hydrogens (tertiary/aromatic N) is 2. The van der Waals surface area contributed by atoms with E-state index in [0.717, 1.165) is 50.3 Å². The van der Waals surface area contributed by atoms with Gasteiger partial charge in [-0.25, -0.2) is 4.39 Å². The average Bonchev–Trinajstić information content (AvgIpc) is 3.62. The van der Waals surface area contributed by atoms with E-state index in [2.05, 4.69) is 131 Å². The van der Waals surface area contributed by atoms with Crippen LogP contribution in [-0.2, 0) is 0 Å². The predicted molar refractivity (Wildman–Crippen MR) is 218 cm³/mol. The molecule has 10 rings (SSSR count). The number of fused-ring (bicyclic) bond motifs is 6. The molecule has 0 aliphatic carbocycles. The van der Waals surface area contributed by atoms with Crippen LogP contribution in [-0.4, -0.2) is 13.1 Å². The molecule has 0 spiro atoms. The highest BCUT2D eigenvalue weighted by Crippen LogP contribution is 2.43. The van der Waals surface area contributed by atoms with E-state index in [9.17, 15) is 0 Å². The zero-order chi connectivity index (χ0) is 35.4. The van der Waals surface area contributed by atoms with Crippen LogP contribution in [0.5, 0.6) is 0 Å². The number of benzene rings is 7. The second-order valence-corrected chi connectivity index (χ2v) is 17.3. The molecular weight excluding hydrogens is 668 g/mol. The largest absolute Gasteiger partial charge is 0.456 e. The van der Waals surface area contributed by atoms with Gasteiger partial charge in [0.2, 0.25) is 0 Å². The summed E-state index contributed by atoms with van der Waals surface area (Å²) < 4.78 is 23.4. The zero-order valence-electron chi connectivity index (χ0n) is 28.7. The standard InChI is InChI=1S/C48H33FN2OSi/c49-47(34-16-13-15-33(31-34)40-24-11-12-30-50-40)35-17-14-18-36(32-35)51-41-25-8-10-27-45(41)53(37-19-3-1-4-20-37,38-21-5-2-6-22-38)48-42(51)28-29-44-46(48)39-23-7-9-26-43(39)52-44/h1-32,47H. The number of hydrogen-bond donors (Lipinski definition) is 0. The van der Waals surface area contributed by atoms with Gasteiger partial charge in [-0.1, -0.05) is 133 Å². The molecule has 252 valence electrons. The van der Waals surface area contributed by atoms with E-state index in [1.54, 1.807) is 6.20 Å². The molecule has 9 aromatic rings. The summed E-state index contributed by atoms with van der Waals surface area (Å²) in [5.41, 5.74) is 7.68. The highest BCUT2D eigenvalue weighted by Gasteiger charge is 2.50. The van der Waals surface area contributed by atoms with Crippen molar-refractivity contribution in [3.05, 3.63) is 205 Å². The lowest BCUT2D eigenvalue weighted by atomic mass is 9.99. The van der Waals surface area contributed by atoms with E-state index in [1.807, 2.05) is 66.7 Å². The van der Waals surface area contributed by atoms with Crippen LogP contribution in [0.25, 0.3) is 33.2 Å². The second kappa shape index (κ2) is 12.6. The van der Waals surface area contributed by atoms with Crippen molar-refractivity contribution in [2.24, 2.45) is 0 Å². The Balaban J connectivity index is 1.24. The first-order chi connectivity index (χ1) is 26.2. The molecule has 53 heavy (non-hydrogen) atoms. The average molecular weight is 701 g/mol. The van der Waals surface area contributed by atoms with Crippen LogP contribution in [0.1, 0.15) is 17.3 Å². The maximum absolute atomic E-state index is 16.8. The van der Waals surface area contributed by atoms with E-state index in [0.29, 0.717) is 11.1 Å². The third kappa shape index (κ3) is 4.89. The lowest BCUT2D eigenvalue weighted by molar-refractivity contribution is 0.402. The van der Waals surface area contributed by atoms with Gasteiger partial charge in [-0.3, -0.25) is 4.98 Å². The topological polar surface area (TPSA) is 29.3 Å². The van der Waals surface area contributed by atoms with Crippen LogP contribution in [0.3, 0.4) is 0 Å². The van der Waals surface area contributed by atoms with Gasteiger partial charge in [-0.15, -0.1) is 0 Å². The van der Waals surface area contributed by atoms with Gasteiger partial charge in [0.25, 0.3) is 0 Å². The van der Waals surface area contributed by atoms with Crippen molar-refractivity contribution in [3.63, 3.8) is 0 Å². The summed E-state index contributed by atoms with van der Waals surface area (Å²) in [5.74, 6) is 0. The number of pyridine rings is 1. The molecule has 0 fully saturated rings. The molecule has 7 aromatic carbocycles. The maximum atomic E-state index is 16.8. The Morgan fingerprint density at radius 3 is 2.00 bits per heavy atom. The number of furan rings is 1. The maximum Gasteiger partial charge on any atom is 0.185 e. The minimum atomic E-state index is -3.00. The van der Waals surface area contributed by atoms with Crippen LogP contribution in [0.15, 0.2) is 199 Å². The summed E-state index contributed by atoms with van der Waals surface area (Å²) in [7, 11) is -3.00. The van der Waals surface area contributed by atoms with Crippen LogP contribution in [0.4, 0.5) is 21.5 Å². The summed E-state index contributed by atoms with van der Waals surface area (Å²) in [5, 5.41) is 7.34. The number of rotatable bonds is 6. The molecule has 1 atom stereocenters. The van der Waals surface area contributed by atoms with Crippen LogP contribution in [0, 0.1) is 0 Å². The molecule has 3 heterocycles. The number of alkyl halides is 1. The van der Waals surface area contributed by atoms with Crippen molar-refractivity contribution < 1.29 is 8.81 Å². The van der Waals surface area contributed by atoms with Gasteiger partial charge in [0.15, 0.2) is 14.2 Å². The Morgan fingerprint density at radius 1 is 0.547 bits per heavy atom. The smallest absolute Gasteiger partial charge is 0.185 e. The Hall–Kier alpha value is -6.56. The fraction of sp³-hybridized carbons (Fsp3) is 0.0208. The number of anilines is 3. The van der Waals surface area contributed by atoms with Crippen molar-refractivity contribution in [2.45, 2.75) is 6.17 Å². The van der Waals surface area contributed by atoms with E-state index in [1.165, 1.54) is 20.7 Å². The summed E-state index contributed by atoms with van der Waals surface area (Å²) in [6.45, 7) is 0. The van der Waals surface area contributed by atoms with E-state index >= 15 is 4.39 Å². The molecule has 0 saturated carbocycles. The van der Waals surface area contributed by atoms with Gasteiger partial charge >= 0.3 is 0 Å². The van der Waals surface area contributed by atoms with Gasteiger partial charge in [0.1, 0.15) is 11.2 Å². The summed E-state index contributed by atoms with van der Waals surface area (Å²) >= 11 is 0. The van der Waals surface area contributed by atoms with E-state index in [4.69, 9.17) is 4.42 Å². The molecule has 2 aromatic heterocycles. The molecule has 5 heteroatoms. The van der Waals surface area contributed by atoms with Gasteiger partial charge in [-0.05, 0) is 86.5 Å². The van der Waals surface area contributed by atoms with Crippen molar-refractivity contribution >= 4 is 67.8 Å². The summed E-state index contributed by atoms with van der Waals surface area (Å²) in [6, 6.07) is 64.9.